The second-order valence-electron chi connectivity index (χ2n) is 3.02. The molecule has 1 aliphatic rings. The minimum Gasteiger partial charge on any atom is -0.466 e. The zero-order valence-corrected chi connectivity index (χ0v) is 7.57. The number of aryl methyl sites for hydroxylation is 1. The Morgan fingerprint density at radius 3 is 3.08 bits per heavy atom. The highest BCUT2D eigenvalue weighted by Gasteiger charge is 2.22. The first-order valence-corrected chi connectivity index (χ1v) is 4.05. The van der Waals surface area contributed by atoms with Crippen LogP contribution in [0, 0.1) is 6.92 Å². The summed E-state index contributed by atoms with van der Waals surface area (Å²) in [5, 5.41) is 0. The van der Waals surface area contributed by atoms with Crippen molar-refractivity contribution in [1.82, 2.24) is 4.98 Å². The summed E-state index contributed by atoms with van der Waals surface area (Å²) < 4.78 is 5.18. The number of nitrogens with zero attached hydrogens (tertiary/aromatic N) is 2. The lowest BCUT2D eigenvalue weighted by atomic mass is 10.3. The van der Waals surface area contributed by atoms with Gasteiger partial charge in [0.05, 0.1) is 0 Å². The smallest absolute Gasteiger partial charge is 0.264 e. The van der Waals surface area contributed by atoms with Crippen LogP contribution in [-0.2, 0) is 4.79 Å². The molecular formula is C9H10N2O2. The first kappa shape index (κ1) is 8.04. The number of carbonyl (C=O) groups is 1. The van der Waals surface area contributed by atoms with Crippen LogP contribution in [0.4, 0.5) is 5.69 Å². The Bertz CT molecular complexity index is 363. The molecule has 1 amide bonds. The maximum atomic E-state index is 11.2. The molecule has 4 nitrogen and oxygen atoms in total. The fraction of sp³-hybridized carbons (Fsp3) is 0.333. The second-order valence-corrected chi connectivity index (χ2v) is 3.02. The molecule has 0 radical (unpaired) electrons. The highest BCUT2D eigenvalue weighted by atomic mass is 16.5. The normalized spacial score (nSPS) is 15.2. The number of hydrogen-bond donors (Lipinski definition) is 0. The largest absolute Gasteiger partial charge is 0.466 e. The van der Waals surface area contributed by atoms with Crippen molar-refractivity contribution >= 4 is 11.6 Å². The molecule has 4 heteroatoms. The van der Waals surface area contributed by atoms with Crippen molar-refractivity contribution in [3.63, 3.8) is 0 Å². The summed E-state index contributed by atoms with van der Waals surface area (Å²) in [5.41, 5.74) is 1.63. The highest BCUT2D eigenvalue weighted by molar-refractivity contribution is 5.96. The molecule has 0 bridgehead atoms. The van der Waals surface area contributed by atoms with Gasteiger partial charge in [-0.25, -0.2) is 4.98 Å². The fourth-order valence-corrected chi connectivity index (χ4v) is 1.25. The standard InChI is InChI=1S/C9H10N2O2/c1-6-3-4-7-9(10-6)13-5-8(12)11(7)2/h3-4H,5H2,1-2H3. The average molecular weight is 178 g/mol. The number of fused-ring (bicyclic) bond motifs is 1. The zero-order chi connectivity index (χ0) is 9.42. The first-order chi connectivity index (χ1) is 6.18. The highest BCUT2D eigenvalue weighted by Crippen LogP contribution is 2.28. The van der Waals surface area contributed by atoms with Crippen LogP contribution in [0.3, 0.4) is 0 Å². The van der Waals surface area contributed by atoms with Crippen LogP contribution >= 0.6 is 0 Å². The van der Waals surface area contributed by atoms with E-state index >= 15 is 0 Å². The predicted octanol–water partition coefficient (Wildman–Crippen LogP) is 0.745. The molecule has 0 N–H and O–H groups in total. The minimum atomic E-state index is -0.0434. The number of pyridine rings is 1. The number of amides is 1. The summed E-state index contributed by atoms with van der Waals surface area (Å²) in [7, 11) is 1.72. The van der Waals surface area contributed by atoms with Crippen molar-refractivity contribution < 1.29 is 9.53 Å². The lowest BCUT2D eigenvalue weighted by Crippen LogP contribution is -2.35. The first-order valence-electron chi connectivity index (χ1n) is 4.05. The molecule has 2 heterocycles. The molecule has 0 fully saturated rings. The van der Waals surface area contributed by atoms with E-state index in [0.717, 1.165) is 11.4 Å². The van der Waals surface area contributed by atoms with Gasteiger partial charge in [-0.15, -0.1) is 0 Å². The van der Waals surface area contributed by atoms with E-state index in [0.29, 0.717) is 5.88 Å². The molecule has 0 spiro atoms. The van der Waals surface area contributed by atoms with Gasteiger partial charge in [0, 0.05) is 12.7 Å². The van der Waals surface area contributed by atoms with Gasteiger partial charge in [0.25, 0.3) is 5.91 Å². The Hall–Kier alpha value is -1.58. The van der Waals surface area contributed by atoms with Gasteiger partial charge < -0.3 is 9.64 Å². The molecule has 1 aromatic rings. The van der Waals surface area contributed by atoms with Crippen LogP contribution < -0.4 is 9.64 Å². The van der Waals surface area contributed by atoms with Crippen LogP contribution in [-0.4, -0.2) is 24.5 Å². The van der Waals surface area contributed by atoms with E-state index in [-0.39, 0.29) is 12.5 Å². The van der Waals surface area contributed by atoms with Crippen LogP contribution in [0.2, 0.25) is 0 Å². The van der Waals surface area contributed by atoms with Crippen LogP contribution in [0.1, 0.15) is 5.69 Å². The number of likely N-dealkylation sites (N-methyl/N-ethyl adjacent to an activating group) is 1. The topological polar surface area (TPSA) is 42.4 Å². The van der Waals surface area contributed by atoms with Crippen molar-refractivity contribution in [2.45, 2.75) is 6.92 Å². The SMILES string of the molecule is Cc1ccc2c(n1)OCC(=O)N2C. The van der Waals surface area contributed by atoms with Crippen LogP contribution in [0.5, 0.6) is 5.88 Å². The van der Waals surface area contributed by atoms with Crippen molar-refractivity contribution in [2.75, 3.05) is 18.6 Å². The third-order valence-electron chi connectivity index (χ3n) is 2.05. The molecule has 2 rings (SSSR count). The Labute approximate surface area is 76.1 Å². The zero-order valence-electron chi connectivity index (χ0n) is 7.57. The third-order valence-corrected chi connectivity index (χ3v) is 2.05. The lowest BCUT2D eigenvalue weighted by Gasteiger charge is -2.24. The van der Waals surface area contributed by atoms with Gasteiger partial charge in [-0.3, -0.25) is 4.79 Å². The van der Waals surface area contributed by atoms with E-state index in [1.807, 2.05) is 19.1 Å². The van der Waals surface area contributed by atoms with Gasteiger partial charge in [0.1, 0.15) is 5.69 Å². The fourth-order valence-electron chi connectivity index (χ4n) is 1.25. The van der Waals surface area contributed by atoms with E-state index in [2.05, 4.69) is 4.98 Å². The van der Waals surface area contributed by atoms with Crippen LogP contribution in [0.25, 0.3) is 0 Å². The summed E-state index contributed by atoms with van der Waals surface area (Å²) in [6, 6.07) is 3.70. The number of anilines is 1. The second kappa shape index (κ2) is 2.73. The summed E-state index contributed by atoms with van der Waals surface area (Å²) in [5.74, 6) is 0.500. The summed E-state index contributed by atoms with van der Waals surface area (Å²) >= 11 is 0. The molecule has 0 atom stereocenters. The van der Waals surface area contributed by atoms with Crippen molar-refractivity contribution in [3.8, 4) is 5.88 Å². The van der Waals surface area contributed by atoms with E-state index in [1.54, 1.807) is 11.9 Å². The molecule has 0 aliphatic carbocycles. The minimum absolute atomic E-state index is 0.0434. The van der Waals surface area contributed by atoms with Crippen molar-refractivity contribution in [1.29, 1.82) is 0 Å². The summed E-state index contributed by atoms with van der Waals surface area (Å²) in [4.78, 5) is 17.0. The molecule has 1 aromatic heterocycles. The Morgan fingerprint density at radius 2 is 2.31 bits per heavy atom. The van der Waals surface area contributed by atoms with Gasteiger partial charge in [-0.05, 0) is 19.1 Å². The number of rotatable bonds is 0. The molecule has 13 heavy (non-hydrogen) atoms. The average Bonchev–Trinajstić information content (AvgIpc) is 2.12. The van der Waals surface area contributed by atoms with Gasteiger partial charge in [0.2, 0.25) is 5.88 Å². The lowest BCUT2D eigenvalue weighted by molar-refractivity contribution is -0.121. The Morgan fingerprint density at radius 1 is 1.54 bits per heavy atom. The number of ether oxygens (including phenoxy) is 1. The quantitative estimate of drug-likeness (QED) is 0.588. The molecule has 0 unspecified atom stereocenters. The molecule has 0 saturated carbocycles. The predicted molar refractivity (Wildman–Crippen MR) is 47.9 cm³/mol. The summed E-state index contributed by atoms with van der Waals surface area (Å²) in [6.45, 7) is 1.97. The van der Waals surface area contributed by atoms with Gasteiger partial charge in [0.15, 0.2) is 6.61 Å². The Balaban J connectivity index is 2.49. The van der Waals surface area contributed by atoms with Crippen molar-refractivity contribution in [3.05, 3.63) is 17.8 Å². The molecule has 1 aliphatic heterocycles. The van der Waals surface area contributed by atoms with Gasteiger partial charge >= 0.3 is 0 Å². The summed E-state index contributed by atoms with van der Waals surface area (Å²) in [6.07, 6.45) is 0. The molecular weight excluding hydrogens is 168 g/mol. The van der Waals surface area contributed by atoms with Gasteiger partial charge in [-0.1, -0.05) is 0 Å². The molecule has 0 saturated heterocycles. The van der Waals surface area contributed by atoms with E-state index in [4.69, 9.17) is 4.74 Å². The van der Waals surface area contributed by atoms with E-state index in [9.17, 15) is 4.79 Å². The number of hydrogen-bond acceptors (Lipinski definition) is 3. The monoisotopic (exact) mass is 178 g/mol. The molecule has 68 valence electrons. The van der Waals surface area contributed by atoms with Crippen LogP contribution in [0.15, 0.2) is 12.1 Å². The number of aromatic nitrogens is 1. The van der Waals surface area contributed by atoms with E-state index < -0.39 is 0 Å². The Kier molecular flexibility index (Phi) is 1.69. The molecule has 0 aromatic carbocycles. The maximum absolute atomic E-state index is 11.2. The van der Waals surface area contributed by atoms with E-state index in [1.165, 1.54) is 0 Å². The van der Waals surface area contributed by atoms with Gasteiger partial charge in [-0.2, -0.15) is 0 Å². The number of carbonyl (C=O) groups excluding carboxylic acids is 1. The van der Waals surface area contributed by atoms with Crippen molar-refractivity contribution in [2.24, 2.45) is 0 Å². The third kappa shape index (κ3) is 1.24. The maximum Gasteiger partial charge on any atom is 0.264 e.